The van der Waals surface area contributed by atoms with Crippen LogP contribution in [0.5, 0.6) is 0 Å². The fourth-order valence-corrected chi connectivity index (χ4v) is 5.94. The summed E-state index contributed by atoms with van der Waals surface area (Å²) in [5.41, 5.74) is 3.21. The Morgan fingerprint density at radius 1 is 1.10 bits per heavy atom. The highest BCUT2D eigenvalue weighted by molar-refractivity contribution is 7.91. The largest absolute Gasteiger partial charge is 0.322 e. The van der Waals surface area contributed by atoms with Crippen molar-refractivity contribution in [2.24, 2.45) is 0 Å². The summed E-state index contributed by atoms with van der Waals surface area (Å²) in [6.07, 6.45) is 3.58. The van der Waals surface area contributed by atoms with Crippen molar-refractivity contribution in [3.8, 4) is 0 Å². The van der Waals surface area contributed by atoms with Crippen LogP contribution in [0.3, 0.4) is 0 Å². The van der Waals surface area contributed by atoms with Crippen LogP contribution in [-0.2, 0) is 22.0 Å². The lowest BCUT2D eigenvalue weighted by atomic mass is 9.89. The standard InChI is InChI=1S/C29H35ClF2N4O2S/c1-18-16-33-28(35-27-15-24(31)22(14-25(27)32)20-8-10-36(5)11-9-20)34-26(18)13-19-6-7-23(30)21(12-19)17-39(37,38)29(2,3)4/h6-7,12,14-16,20H,8-11,13,17H2,1-5H3,(H,33,34,35). The first kappa shape index (κ1) is 29.4. The van der Waals surface area contributed by atoms with Crippen LogP contribution in [-0.4, -0.2) is 48.2 Å². The average Bonchev–Trinajstić information content (AvgIpc) is 2.85. The molecule has 1 N–H and O–H groups in total. The Morgan fingerprint density at radius 3 is 2.46 bits per heavy atom. The third kappa shape index (κ3) is 6.94. The molecular weight excluding hydrogens is 542 g/mol. The first-order valence-corrected chi connectivity index (χ1v) is 15.0. The minimum atomic E-state index is -3.42. The molecule has 210 valence electrons. The van der Waals surface area contributed by atoms with Crippen LogP contribution in [0.1, 0.15) is 67.5 Å². The monoisotopic (exact) mass is 576 g/mol. The Bertz CT molecular complexity index is 1470. The van der Waals surface area contributed by atoms with Crippen LogP contribution in [0.15, 0.2) is 36.5 Å². The van der Waals surface area contributed by atoms with Gasteiger partial charge in [0.15, 0.2) is 9.84 Å². The van der Waals surface area contributed by atoms with Crippen LogP contribution in [0.2, 0.25) is 5.02 Å². The number of sulfone groups is 1. The minimum absolute atomic E-state index is 0.00497. The average molecular weight is 577 g/mol. The van der Waals surface area contributed by atoms with Gasteiger partial charge >= 0.3 is 0 Å². The second-order valence-corrected chi connectivity index (χ2v) is 14.5. The van der Waals surface area contributed by atoms with Crippen molar-refractivity contribution >= 4 is 33.1 Å². The number of benzene rings is 2. The summed E-state index contributed by atoms with van der Waals surface area (Å²) in [6, 6.07) is 7.73. The fraction of sp³-hybridized carbons (Fsp3) is 0.448. The maximum atomic E-state index is 15.0. The molecule has 0 unspecified atom stereocenters. The van der Waals surface area contributed by atoms with Gasteiger partial charge < -0.3 is 10.2 Å². The van der Waals surface area contributed by atoms with Gasteiger partial charge in [-0.05, 0) is 101 Å². The van der Waals surface area contributed by atoms with Crippen molar-refractivity contribution in [1.82, 2.24) is 14.9 Å². The molecule has 0 aliphatic carbocycles. The van der Waals surface area contributed by atoms with Crippen molar-refractivity contribution in [3.63, 3.8) is 0 Å². The molecule has 1 aliphatic rings. The van der Waals surface area contributed by atoms with Gasteiger partial charge in [0.05, 0.1) is 21.9 Å². The fourth-order valence-electron chi connectivity index (χ4n) is 4.59. The van der Waals surface area contributed by atoms with Crippen molar-refractivity contribution < 1.29 is 17.2 Å². The maximum absolute atomic E-state index is 15.0. The zero-order valence-electron chi connectivity index (χ0n) is 23.0. The van der Waals surface area contributed by atoms with Gasteiger partial charge in [-0.25, -0.2) is 27.2 Å². The normalized spacial score (nSPS) is 15.5. The highest BCUT2D eigenvalue weighted by Crippen LogP contribution is 2.33. The van der Waals surface area contributed by atoms with Crippen LogP contribution in [0.4, 0.5) is 20.4 Å². The van der Waals surface area contributed by atoms with Crippen molar-refractivity contribution in [3.05, 3.63) is 81.1 Å². The molecule has 4 rings (SSSR count). The zero-order chi connectivity index (χ0) is 28.5. The van der Waals surface area contributed by atoms with E-state index in [1.54, 1.807) is 39.1 Å². The Morgan fingerprint density at radius 2 is 1.79 bits per heavy atom. The minimum Gasteiger partial charge on any atom is -0.322 e. The molecular formula is C29H35ClF2N4O2S. The van der Waals surface area contributed by atoms with E-state index < -0.39 is 26.2 Å². The molecule has 0 bridgehead atoms. The molecule has 1 aliphatic heterocycles. The summed E-state index contributed by atoms with van der Waals surface area (Å²) in [5.74, 6) is -1.03. The highest BCUT2D eigenvalue weighted by Gasteiger charge is 2.30. The van der Waals surface area contributed by atoms with E-state index in [-0.39, 0.29) is 23.3 Å². The number of aromatic nitrogens is 2. The predicted octanol–water partition coefficient (Wildman–Crippen LogP) is 6.57. The van der Waals surface area contributed by atoms with E-state index in [4.69, 9.17) is 11.6 Å². The molecule has 2 aromatic carbocycles. The Labute approximate surface area is 234 Å². The molecule has 39 heavy (non-hydrogen) atoms. The summed E-state index contributed by atoms with van der Waals surface area (Å²) < 4.78 is 54.6. The third-order valence-corrected chi connectivity index (χ3v) is 10.3. The van der Waals surface area contributed by atoms with Crippen LogP contribution in [0.25, 0.3) is 0 Å². The zero-order valence-corrected chi connectivity index (χ0v) is 24.6. The van der Waals surface area contributed by atoms with Gasteiger partial charge in [0, 0.05) is 23.7 Å². The van der Waals surface area contributed by atoms with Gasteiger partial charge in [0.1, 0.15) is 11.6 Å². The van der Waals surface area contributed by atoms with Crippen molar-refractivity contribution in [2.45, 2.75) is 63.4 Å². The second kappa shape index (κ2) is 11.5. The molecule has 0 radical (unpaired) electrons. The summed E-state index contributed by atoms with van der Waals surface area (Å²) in [5, 5.41) is 3.21. The van der Waals surface area contributed by atoms with Crippen LogP contribution in [0, 0.1) is 18.6 Å². The number of piperidine rings is 1. The summed E-state index contributed by atoms with van der Waals surface area (Å²) in [6.45, 7) is 8.55. The van der Waals surface area contributed by atoms with E-state index in [1.807, 2.05) is 20.0 Å². The Kier molecular flexibility index (Phi) is 8.64. The van der Waals surface area contributed by atoms with Crippen molar-refractivity contribution in [2.75, 3.05) is 25.5 Å². The molecule has 2 heterocycles. The first-order valence-electron chi connectivity index (χ1n) is 13.0. The number of anilines is 2. The second-order valence-electron chi connectivity index (χ2n) is 11.4. The molecule has 1 aromatic heterocycles. The predicted molar refractivity (Wildman–Crippen MR) is 153 cm³/mol. The number of rotatable bonds is 7. The number of aryl methyl sites for hydroxylation is 1. The van der Waals surface area contributed by atoms with Gasteiger partial charge in [-0.1, -0.05) is 23.7 Å². The lowest BCUT2D eigenvalue weighted by Crippen LogP contribution is -2.29. The molecule has 0 amide bonds. The lowest BCUT2D eigenvalue weighted by Gasteiger charge is -2.29. The summed E-state index contributed by atoms with van der Waals surface area (Å²) in [4.78, 5) is 11.0. The molecule has 6 nitrogen and oxygen atoms in total. The third-order valence-electron chi connectivity index (χ3n) is 7.33. The topological polar surface area (TPSA) is 75.2 Å². The Balaban J connectivity index is 1.54. The van der Waals surface area contributed by atoms with Gasteiger partial charge in [-0.3, -0.25) is 0 Å². The maximum Gasteiger partial charge on any atom is 0.227 e. The number of hydrogen-bond acceptors (Lipinski definition) is 6. The number of likely N-dealkylation sites (tertiary alicyclic amines) is 1. The summed E-state index contributed by atoms with van der Waals surface area (Å²) >= 11 is 6.33. The smallest absolute Gasteiger partial charge is 0.227 e. The van der Waals surface area contributed by atoms with E-state index in [2.05, 4.69) is 20.2 Å². The van der Waals surface area contributed by atoms with Gasteiger partial charge in [-0.15, -0.1) is 0 Å². The lowest BCUT2D eigenvalue weighted by molar-refractivity contribution is 0.253. The van der Waals surface area contributed by atoms with E-state index in [9.17, 15) is 12.8 Å². The number of halogens is 3. The van der Waals surface area contributed by atoms with Gasteiger partial charge in [-0.2, -0.15) is 0 Å². The van der Waals surface area contributed by atoms with Crippen LogP contribution >= 0.6 is 11.6 Å². The van der Waals surface area contributed by atoms with Crippen molar-refractivity contribution in [1.29, 1.82) is 0 Å². The molecule has 0 saturated carbocycles. The first-order chi connectivity index (χ1) is 18.2. The van der Waals surface area contributed by atoms with Crippen LogP contribution < -0.4 is 5.32 Å². The van der Waals surface area contributed by atoms with Gasteiger partial charge in [0.2, 0.25) is 5.95 Å². The van der Waals surface area contributed by atoms with E-state index in [0.717, 1.165) is 37.1 Å². The highest BCUT2D eigenvalue weighted by atomic mass is 35.5. The number of nitrogens with one attached hydrogen (secondary N) is 1. The molecule has 0 atom stereocenters. The van der Waals surface area contributed by atoms with Gasteiger partial charge in [0.25, 0.3) is 0 Å². The Hall–Kier alpha value is -2.62. The SMILES string of the molecule is Cc1cnc(Nc2cc(F)c(C3CCN(C)CC3)cc2F)nc1Cc1ccc(Cl)c(CS(=O)(=O)C(C)(C)C)c1. The van der Waals surface area contributed by atoms with E-state index >= 15 is 4.39 Å². The molecule has 10 heteroatoms. The molecule has 1 fully saturated rings. The quantitative estimate of drug-likeness (QED) is 0.343. The number of nitrogens with zero attached hydrogens (tertiary/aromatic N) is 3. The van der Waals surface area contributed by atoms with E-state index in [1.165, 1.54) is 12.1 Å². The summed E-state index contributed by atoms with van der Waals surface area (Å²) in [7, 11) is -1.39. The van der Waals surface area contributed by atoms with E-state index in [0.29, 0.717) is 28.3 Å². The number of hydrogen-bond donors (Lipinski definition) is 1. The molecule has 3 aromatic rings. The molecule has 1 saturated heterocycles. The molecule has 0 spiro atoms.